The lowest BCUT2D eigenvalue weighted by Gasteiger charge is -2.14. The Bertz CT molecular complexity index is 932. The van der Waals surface area contributed by atoms with Crippen LogP contribution in [0.2, 0.25) is 0 Å². The van der Waals surface area contributed by atoms with Gasteiger partial charge in [-0.3, -0.25) is 0 Å². The number of aliphatic hydroxyl groups is 1. The molecule has 1 unspecified atom stereocenters. The van der Waals surface area contributed by atoms with E-state index in [1.54, 1.807) is 18.5 Å². The SMILES string of the molecule is Cc1nc2c(O)c(CCC(O)c3ccccc3)c(C(=O)O)cc2n1C. The lowest BCUT2D eigenvalue weighted by molar-refractivity contribution is 0.0694. The Labute approximate surface area is 145 Å². The monoisotopic (exact) mass is 340 g/mol. The van der Waals surface area contributed by atoms with E-state index in [-0.39, 0.29) is 17.7 Å². The number of benzene rings is 2. The van der Waals surface area contributed by atoms with E-state index in [0.29, 0.717) is 28.8 Å². The molecule has 6 heteroatoms. The molecular weight excluding hydrogens is 320 g/mol. The summed E-state index contributed by atoms with van der Waals surface area (Å²) < 4.78 is 1.74. The van der Waals surface area contributed by atoms with Crippen LogP contribution in [-0.2, 0) is 13.5 Å². The van der Waals surface area contributed by atoms with Gasteiger partial charge in [0.05, 0.1) is 17.2 Å². The number of aromatic hydroxyl groups is 1. The molecule has 0 bridgehead atoms. The van der Waals surface area contributed by atoms with Crippen LogP contribution in [0, 0.1) is 6.92 Å². The van der Waals surface area contributed by atoms with E-state index >= 15 is 0 Å². The summed E-state index contributed by atoms with van der Waals surface area (Å²) in [5, 5.41) is 30.4. The third-order valence-electron chi connectivity index (χ3n) is 4.56. The molecule has 1 aromatic heterocycles. The molecular formula is C19H20N2O4. The summed E-state index contributed by atoms with van der Waals surface area (Å²) in [6.07, 6.45) is -0.201. The second kappa shape index (κ2) is 6.57. The van der Waals surface area contributed by atoms with Gasteiger partial charge in [0.25, 0.3) is 0 Å². The second-order valence-electron chi connectivity index (χ2n) is 6.11. The zero-order chi connectivity index (χ0) is 18.1. The van der Waals surface area contributed by atoms with Crippen LogP contribution < -0.4 is 0 Å². The smallest absolute Gasteiger partial charge is 0.336 e. The second-order valence-corrected chi connectivity index (χ2v) is 6.11. The average molecular weight is 340 g/mol. The molecule has 0 saturated heterocycles. The number of carboxylic acid groups (broad SMARTS) is 1. The van der Waals surface area contributed by atoms with Crippen molar-refractivity contribution in [2.45, 2.75) is 25.9 Å². The van der Waals surface area contributed by atoms with Crippen molar-refractivity contribution in [3.05, 3.63) is 58.9 Å². The van der Waals surface area contributed by atoms with Crippen LogP contribution in [0.5, 0.6) is 5.75 Å². The normalized spacial score (nSPS) is 12.4. The molecule has 0 amide bonds. The Hall–Kier alpha value is -2.86. The number of carbonyl (C=O) groups is 1. The van der Waals surface area contributed by atoms with Gasteiger partial charge in [-0.25, -0.2) is 9.78 Å². The minimum atomic E-state index is -1.11. The summed E-state index contributed by atoms with van der Waals surface area (Å²) in [6, 6.07) is 10.7. The first kappa shape index (κ1) is 17.0. The number of phenols is 1. The van der Waals surface area contributed by atoms with Crippen LogP contribution in [0.3, 0.4) is 0 Å². The molecule has 1 heterocycles. The van der Waals surface area contributed by atoms with Crippen molar-refractivity contribution in [2.75, 3.05) is 0 Å². The number of fused-ring (bicyclic) bond motifs is 1. The molecule has 3 aromatic rings. The van der Waals surface area contributed by atoms with Crippen molar-refractivity contribution < 1.29 is 20.1 Å². The number of imidazole rings is 1. The van der Waals surface area contributed by atoms with E-state index in [0.717, 1.165) is 5.56 Å². The minimum Gasteiger partial charge on any atom is -0.505 e. The van der Waals surface area contributed by atoms with Gasteiger partial charge < -0.3 is 19.9 Å². The van der Waals surface area contributed by atoms with E-state index in [1.807, 2.05) is 30.3 Å². The van der Waals surface area contributed by atoms with E-state index in [4.69, 9.17) is 0 Å². The highest BCUT2D eigenvalue weighted by Crippen LogP contribution is 2.34. The molecule has 0 aliphatic heterocycles. The van der Waals surface area contributed by atoms with Crippen LogP contribution >= 0.6 is 0 Å². The van der Waals surface area contributed by atoms with Gasteiger partial charge in [-0.15, -0.1) is 0 Å². The van der Waals surface area contributed by atoms with Crippen LogP contribution in [0.4, 0.5) is 0 Å². The van der Waals surface area contributed by atoms with Crippen molar-refractivity contribution in [3.8, 4) is 5.75 Å². The fourth-order valence-corrected chi connectivity index (χ4v) is 3.03. The van der Waals surface area contributed by atoms with Crippen LogP contribution in [0.15, 0.2) is 36.4 Å². The fraction of sp³-hybridized carbons (Fsp3) is 0.263. The Kier molecular flexibility index (Phi) is 4.46. The van der Waals surface area contributed by atoms with Gasteiger partial charge in [-0.2, -0.15) is 0 Å². The van der Waals surface area contributed by atoms with E-state index in [1.165, 1.54) is 6.07 Å². The first-order chi connectivity index (χ1) is 11.9. The van der Waals surface area contributed by atoms with E-state index < -0.39 is 12.1 Å². The number of phenolic OH excluding ortho intramolecular Hbond substituents is 1. The van der Waals surface area contributed by atoms with Crippen molar-refractivity contribution in [3.63, 3.8) is 0 Å². The molecule has 0 radical (unpaired) electrons. The molecule has 2 aromatic carbocycles. The predicted molar refractivity (Wildman–Crippen MR) is 93.8 cm³/mol. The molecule has 0 aliphatic rings. The largest absolute Gasteiger partial charge is 0.505 e. The highest BCUT2D eigenvalue weighted by molar-refractivity contribution is 5.97. The summed E-state index contributed by atoms with van der Waals surface area (Å²) in [4.78, 5) is 16.0. The van der Waals surface area contributed by atoms with Gasteiger partial charge in [0, 0.05) is 12.6 Å². The number of hydrogen-bond acceptors (Lipinski definition) is 4. The van der Waals surface area contributed by atoms with Gasteiger partial charge in [-0.1, -0.05) is 30.3 Å². The van der Waals surface area contributed by atoms with Crippen molar-refractivity contribution in [2.24, 2.45) is 7.05 Å². The summed E-state index contributed by atoms with van der Waals surface area (Å²) in [7, 11) is 1.77. The fourth-order valence-electron chi connectivity index (χ4n) is 3.03. The Balaban J connectivity index is 1.98. The number of rotatable bonds is 5. The summed E-state index contributed by atoms with van der Waals surface area (Å²) in [5.41, 5.74) is 2.05. The molecule has 3 N–H and O–H groups in total. The quantitative estimate of drug-likeness (QED) is 0.664. The maximum Gasteiger partial charge on any atom is 0.336 e. The number of aromatic nitrogens is 2. The van der Waals surface area contributed by atoms with E-state index in [9.17, 15) is 20.1 Å². The molecule has 0 fully saturated rings. The topological polar surface area (TPSA) is 95.6 Å². The highest BCUT2D eigenvalue weighted by Gasteiger charge is 2.22. The minimum absolute atomic E-state index is 0.0354. The lowest BCUT2D eigenvalue weighted by atomic mass is 9.96. The van der Waals surface area contributed by atoms with Gasteiger partial charge >= 0.3 is 5.97 Å². The maximum absolute atomic E-state index is 11.6. The van der Waals surface area contributed by atoms with E-state index in [2.05, 4.69) is 4.98 Å². The lowest BCUT2D eigenvalue weighted by Crippen LogP contribution is -2.06. The van der Waals surface area contributed by atoms with Crippen LogP contribution in [0.25, 0.3) is 11.0 Å². The Morgan fingerprint density at radius 2 is 1.96 bits per heavy atom. The summed E-state index contributed by atoms with van der Waals surface area (Å²) in [5.74, 6) is -0.553. The Morgan fingerprint density at radius 3 is 2.60 bits per heavy atom. The number of aromatic carboxylic acids is 1. The predicted octanol–water partition coefficient (Wildman–Crippen LogP) is 2.95. The molecule has 6 nitrogen and oxygen atoms in total. The summed E-state index contributed by atoms with van der Waals surface area (Å²) in [6.45, 7) is 1.79. The van der Waals surface area contributed by atoms with Crippen molar-refractivity contribution >= 4 is 17.0 Å². The Morgan fingerprint density at radius 1 is 1.28 bits per heavy atom. The average Bonchev–Trinajstić information content (AvgIpc) is 2.89. The maximum atomic E-state index is 11.6. The number of carboxylic acids is 1. The first-order valence-electron chi connectivity index (χ1n) is 8.04. The zero-order valence-electron chi connectivity index (χ0n) is 14.1. The number of hydrogen-bond donors (Lipinski definition) is 3. The number of nitrogens with zero attached hydrogens (tertiary/aromatic N) is 2. The summed E-state index contributed by atoms with van der Waals surface area (Å²) >= 11 is 0. The first-order valence-corrected chi connectivity index (χ1v) is 8.04. The number of aryl methyl sites for hydroxylation is 2. The van der Waals surface area contributed by atoms with Crippen LogP contribution in [0.1, 0.15) is 39.8 Å². The number of aliphatic hydroxyl groups excluding tert-OH is 1. The molecule has 1 atom stereocenters. The molecule has 3 rings (SSSR count). The standard InChI is InChI=1S/C19H20N2O4/c1-11-20-17-15(21(11)2)10-14(19(24)25)13(18(17)23)8-9-16(22)12-6-4-3-5-7-12/h3-7,10,16,22-23H,8-9H2,1-2H3,(H,24,25). The van der Waals surface area contributed by atoms with Crippen LogP contribution in [-0.4, -0.2) is 30.8 Å². The molecule has 25 heavy (non-hydrogen) atoms. The van der Waals surface area contributed by atoms with Gasteiger partial charge in [0.15, 0.2) is 0 Å². The van der Waals surface area contributed by atoms with Crippen molar-refractivity contribution in [1.82, 2.24) is 9.55 Å². The van der Waals surface area contributed by atoms with Gasteiger partial charge in [-0.05, 0) is 31.4 Å². The third-order valence-corrected chi connectivity index (χ3v) is 4.56. The van der Waals surface area contributed by atoms with Gasteiger partial charge in [0.2, 0.25) is 0 Å². The highest BCUT2D eigenvalue weighted by atomic mass is 16.4. The molecule has 0 aliphatic carbocycles. The third kappa shape index (κ3) is 3.08. The zero-order valence-corrected chi connectivity index (χ0v) is 14.1. The van der Waals surface area contributed by atoms with Crippen molar-refractivity contribution in [1.29, 1.82) is 0 Å². The molecule has 130 valence electrons. The van der Waals surface area contributed by atoms with Gasteiger partial charge in [0.1, 0.15) is 17.1 Å². The molecule has 0 saturated carbocycles. The molecule has 0 spiro atoms.